The second-order valence-corrected chi connectivity index (χ2v) is 5.46. The normalized spacial score (nSPS) is 15.9. The van der Waals surface area contributed by atoms with Gasteiger partial charge in [-0.05, 0) is 50.0 Å². The van der Waals surface area contributed by atoms with Gasteiger partial charge in [0, 0.05) is 12.8 Å². The molecule has 0 atom stereocenters. The van der Waals surface area contributed by atoms with Crippen molar-refractivity contribution in [3.63, 3.8) is 0 Å². The zero-order chi connectivity index (χ0) is 14.9. The van der Waals surface area contributed by atoms with Crippen molar-refractivity contribution in [2.45, 2.75) is 38.2 Å². The maximum Gasteiger partial charge on any atom is 0.135 e. The average molecular weight is 291 g/mol. The summed E-state index contributed by atoms with van der Waals surface area (Å²) < 4.78 is 10.9. The summed E-state index contributed by atoms with van der Waals surface area (Å²) in [4.78, 5) is 11.9. The number of carbonyl (C=O) groups excluding carboxylic acids is 1. The van der Waals surface area contributed by atoms with E-state index in [1.165, 1.54) is 5.56 Å². The molecule has 1 heterocycles. The highest BCUT2D eigenvalue weighted by Gasteiger charge is 2.13. The Bertz CT molecular complexity index is 424. The molecule has 0 aliphatic carbocycles. The van der Waals surface area contributed by atoms with E-state index in [9.17, 15) is 4.79 Å². The summed E-state index contributed by atoms with van der Waals surface area (Å²) in [5, 5.41) is 3.30. The minimum atomic E-state index is 0.278. The summed E-state index contributed by atoms with van der Waals surface area (Å²) in [6.07, 6.45) is 4.35. The van der Waals surface area contributed by atoms with E-state index in [-0.39, 0.29) is 5.78 Å². The fraction of sp³-hybridized carbons (Fsp3) is 0.588. The quantitative estimate of drug-likeness (QED) is 0.799. The molecule has 0 bridgehead atoms. The lowest BCUT2D eigenvalue weighted by molar-refractivity contribution is -0.120. The van der Waals surface area contributed by atoms with Crippen LogP contribution in [-0.4, -0.2) is 38.7 Å². The second-order valence-electron chi connectivity index (χ2n) is 5.46. The summed E-state index contributed by atoms with van der Waals surface area (Å²) >= 11 is 0. The predicted molar refractivity (Wildman–Crippen MR) is 82.8 cm³/mol. The number of benzene rings is 1. The number of methoxy groups -OCH3 is 1. The molecule has 0 aromatic heterocycles. The van der Waals surface area contributed by atoms with Crippen LogP contribution in [0.1, 0.15) is 31.2 Å². The first kappa shape index (κ1) is 16.0. The number of nitrogens with one attached hydrogen (secondary N) is 1. The number of aryl methyl sites for hydroxylation is 1. The lowest BCUT2D eigenvalue weighted by atomic mass is 10.1. The first-order valence-corrected chi connectivity index (χ1v) is 7.75. The number of piperidine rings is 1. The van der Waals surface area contributed by atoms with Crippen LogP contribution >= 0.6 is 0 Å². The fourth-order valence-electron chi connectivity index (χ4n) is 2.50. The molecule has 0 spiro atoms. The SMILES string of the molecule is COc1ccc(CCC(=O)CCOC2CCNCC2)cc1. The average Bonchev–Trinajstić information content (AvgIpc) is 2.54. The van der Waals surface area contributed by atoms with E-state index < -0.39 is 0 Å². The molecule has 1 fully saturated rings. The van der Waals surface area contributed by atoms with Gasteiger partial charge in [-0.15, -0.1) is 0 Å². The summed E-state index contributed by atoms with van der Waals surface area (Å²) in [5.41, 5.74) is 1.17. The number of hydrogen-bond donors (Lipinski definition) is 1. The highest BCUT2D eigenvalue weighted by atomic mass is 16.5. The van der Waals surface area contributed by atoms with Crippen molar-refractivity contribution in [1.82, 2.24) is 5.32 Å². The number of ketones is 1. The van der Waals surface area contributed by atoms with Gasteiger partial charge in [-0.3, -0.25) is 4.79 Å². The zero-order valence-electron chi connectivity index (χ0n) is 12.8. The smallest absolute Gasteiger partial charge is 0.135 e. The third kappa shape index (κ3) is 5.86. The topological polar surface area (TPSA) is 47.6 Å². The van der Waals surface area contributed by atoms with E-state index in [0.717, 1.165) is 38.1 Å². The first-order valence-electron chi connectivity index (χ1n) is 7.75. The van der Waals surface area contributed by atoms with Crippen molar-refractivity contribution in [3.05, 3.63) is 29.8 Å². The van der Waals surface area contributed by atoms with Gasteiger partial charge < -0.3 is 14.8 Å². The summed E-state index contributed by atoms with van der Waals surface area (Å²) in [7, 11) is 1.65. The van der Waals surface area contributed by atoms with E-state index in [1.807, 2.05) is 24.3 Å². The number of Topliss-reactive ketones (excluding diaryl/α,β-unsaturated/α-hetero) is 1. The summed E-state index contributed by atoms with van der Waals surface area (Å²) in [6.45, 7) is 2.61. The van der Waals surface area contributed by atoms with Crippen LogP contribution in [0.4, 0.5) is 0 Å². The zero-order valence-corrected chi connectivity index (χ0v) is 12.8. The van der Waals surface area contributed by atoms with Gasteiger partial charge in [-0.25, -0.2) is 0 Å². The van der Waals surface area contributed by atoms with Crippen LogP contribution in [0.3, 0.4) is 0 Å². The van der Waals surface area contributed by atoms with Crippen LogP contribution in [0.15, 0.2) is 24.3 Å². The van der Waals surface area contributed by atoms with Crippen LogP contribution in [-0.2, 0) is 16.0 Å². The Hall–Kier alpha value is -1.39. The number of carbonyl (C=O) groups is 1. The molecule has 0 radical (unpaired) electrons. The number of hydrogen-bond acceptors (Lipinski definition) is 4. The van der Waals surface area contributed by atoms with Crippen molar-refractivity contribution in [3.8, 4) is 5.75 Å². The lowest BCUT2D eigenvalue weighted by Crippen LogP contribution is -2.32. The molecular weight excluding hydrogens is 266 g/mol. The molecule has 0 unspecified atom stereocenters. The highest BCUT2D eigenvalue weighted by molar-refractivity contribution is 5.78. The Balaban J connectivity index is 1.60. The van der Waals surface area contributed by atoms with Gasteiger partial charge in [0.15, 0.2) is 0 Å². The molecule has 1 aliphatic rings. The van der Waals surface area contributed by atoms with Crippen LogP contribution in [0.2, 0.25) is 0 Å². The van der Waals surface area contributed by atoms with E-state index in [0.29, 0.717) is 25.6 Å². The first-order chi connectivity index (χ1) is 10.3. The Labute approximate surface area is 126 Å². The maximum atomic E-state index is 11.9. The van der Waals surface area contributed by atoms with Crippen molar-refractivity contribution in [1.29, 1.82) is 0 Å². The van der Waals surface area contributed by atoms with Gasteiger partial charge in [0.05, 0.1) is 19.8 Å². The Morgan fingerprint density at radius 3 is 2.57 bits per heavy atom. The summed E-state index contributed by atoms with van der Waals surface area (Å²) in [5.74, 6) is 1.13. The monoisotopic (exact) mass is 291 g/mol. The predicted octanol–water partition coefficient (Wildman–Crippen LogP) is 2.36. The maximum absolute atomic E-state index is 11.9. The third-order valence-corrected chi connectivity index (χ3v) is 3.87. The van der Waals surface area contributed by atoms with E-state index in [1.54, 1.807) is 7.11 Å². The molecule has 0 amide bonds. The van der Waals surface area contributed by atoms with Crippen LogP contribution in [0.25, 0.3) is 0 Å². The van der Waals surface area contributed by atoms with Gasteiger partial charge in [0.1, 0.15) is 11.5 Å². The molecule has 1 N–H and O–H groups in total. The van der Waals surface area contributed by atoms with Gasteiger partial charge in [-0.2, -0.15) is 0 Å². The van der Waals surface area contributed by atoms with E-state index in [2.05, 4.69) is 5.32 Å². The standard InChI is InChI=1S/C17H25NO3/c1-20-16-6-3-14(4-7-16)2-5-15(19)10-13-21-17-8-11-18-12-9-17/h3-4,6-7,17-18H,2,5,8-13H2,1H3. The van der Waals surface area contributed by atoms with Crippen molar-refractivity contribution in [2.75, 3.05) is 26.8 Å². The molecule has 0 saturated carbocycles. The minimum Gasteiger partial charge on any atom is -0.497 e. The van der Waals surface area contributed by atoms with Gasteiger partial charge >= 0.3 is 0 Å². The Kier molecular flexibility index (Phi) is 6.70. The van der Waals surface area contributed by atoms with Crippen LogP contribution < -0.4 is 10.1 Å². The minimum absolute atomic E-state index is 0.278. The second kappa shape index (κ2) is 8.80. The van der Waals surface area contributed by atoms with Gasteiger partial charge in [-0.1, -0.05) is 12.1 Å². The molecule has 1 aromatic rings. The summed E-state index contributed by atoms with van der Waals surface area (Å²) in [6, 6.07) is 7.88. The number of rotatable bonds is 8. The fourth-order valence-corrected chi connectivity index (χ4v) is 2.50. The van der Waals surface area contributed by atoms with Crippen molar-refractivity contribution in [2.24, 2.45) is 0 Å². The molecule has 1 aromatic carbocycles. The van der Waals surface area contributed by atoms with Crippen LogP contribution in [0.5, 0.6) is 5.75 Å². The number of ether oxygens (including phenoxy) is 2. The molecule has 1 saturated heterocycles. The molecule has 4 heteroatoms. The van der Waals surface area contributed by atoms with E-state index >= 15 is 0 Å². The molecule has 21 heavy (non-hydrogen) atoms. The molecule has 116 valence electrons. The van der Waals surface area contributed by atoms with Gasteiger partial charge in [0.2, 0.25) is 0 Å². The Morgan fingerprint density at radius 2 is 1.90 bits per heavy atom. The molecular formula is C17H25NO3. The molecule has 2 rings (SSSR count). The lowest BCUT2D eigenvalue weighted by Gasteiger charge is -2.22. The van der Waals surface area contributed by atoms with Crippen LogP contribution in [0, 0.1) is 0 Å². The third-order valence-electron chi connectivity index (χ3n) is 3.87. The molecule has 4 nitrogen and oxygen atoms in total. The highest BCUT2D eigenvalue weighted by Crippen LogP contribution is 2.13. The van der Waals surface area contributed by atoms with Crippen molar-refractivity contribution >= 4 is 5.78 Å². The molecule has 1 aliphatic heterocycles. The Morgan fingerprint density at radius 1 is 1.19 bits per heavy atom. The van der Waals surface area contributed by atoms with Gasteiger partial charge in [0.25, 0.3) is 0 Å². The van der Waals surface area contributed by atoms with E-state index in [4.69, 9.17) is 9.47 Å². The van der Waals surface area contributed by atoms with Crippen molar-refractivity contribution < 1.29 is 14.3 Å². The largest absolute Gasteiger partial charge is 0.497 e.